The van der Waals surface area contributed by atoms with E-state index in [-0.39, 0.29) is 0 Å². The zero-order valence-corrected chi connectivity index (χ0v) is 12.9. The minimum atomic E-state index is 0.699. The Morgan fingerprint density at radius 3 is 2.84 bits per heavy atom. The first-order valence-electron chi connectivity index (χ1n) is 7.53. The highest BCUT2D eigenvalue weighted by molar-refractivity contribution is 7.17. The number of benzene rings is 1. The summed E-state index contributed by atoms with van der Waals surface area (Å²) in [7, 11) is 0. The van der Waals surface area contributed by atoms with Crippen molar-refractivity contribution in [3.8, 4) is 0 Å². The first kappa shape index (κ1) is 14.5. The van der Waals surface area contributed by atoms with E-state index in [1.165, 1.54) is 47.8 Å². The van der Waals surface area contributed by atoms with E-state index >= 15 is 0 Å². The van der Waals surface area contributed by atoms with Crippen molar-refractivity contribution in [2.24, 2.45) is 0 Å². The van der Waals surface area contributed by atoms with Gasteiger partial charge in [0.2, 0.25) is 0 Å². The summed E-state index contributed by atoms with van der Waals surface area (Å²) < 4.78 is 1.42. The Hall–Kier alpha value is -0.860. The number of nitrogens with one attached hydrogen (secondary N) is 1. The Balaban J connectivity index is 1.85. The Morgan fingerprint density at radius 1 is 1.21 bits per heavy atom. The summed E-state index contributed by atoms with van der Waals surface area (Å²) in [6.07, 6.45) is 6.26. The van der Waals surface area contributed by atoms with Crippen LogP contribution in [-0.4, -0.2) is 12.6 Å². The lowest BCUT2D eigenvalue weighted by atomic mass is 10.0. The molecule has 104 valence electrons. The van der Waals surface area contributed by atoms with Gasteiger partial charge >= 0.3 is 0 Å². The molecule has 1 heterocycles. The summed E-state index contributed by atoms with van der Waals surface area (Å²) in [6.45, 7) is 5.67. The first-order valence-corrected chi connectivity index (χ1v) is 8.41. The van der Waals surface area contributed by atoms with Crippen LogP contribution in [0.2, 0.25) is 0 Å². The Labute approximate surface area is 121 Å². The summed E-state index contributed by atoms with van der Waals surface area (Å²) in [5.41, 5.74) is 1.53. The van der Waals surface area contributed by atoms with Crippen molar-refractivity contribution in [1.29, 1.82) is 0 Å². The molecule has 0 spiro atoms. The Kier molecular flexibility index (Phi) is 5.87. The SMILES string of the molecule is CCCNC(CC)CCCc1csc2ccccc12. The molecule has 19 heavy (non-hydrogen) atoms. The maximum Gasteiger partial charge on any atom is 0.0345 e. The number of aryl methyl sites for hydroxylation is 1. The van der Waals surface area contributed by atoms with Gasteiger partial charge in [0.15, 0.2) is 0 Å². The number of hydrogen-bond acceptors (Lipinski definition) is 2. The third-order valence-electron chi connectivity index (χ3n) is 3.74. The summed E-state index contributed by atoms with van der Waals surface area (Å²) in [4.78, 5) is 0. The van der Waals surface area contributed by atoms with Gasteiger partial charge in [0.25, 0.3) is 0 Å². The minimum Gasteiger partial charge on any atom is -0.314 e. The molecule has 2 aromatic rings. The molecule has 0 radical (unpaired) electrons. The highest BCUT2D eigenvalue weighted by atomic mass is 32.1. The molecule has 0 aliphatic carbocycles. The fraction of sp³-hybridized carbons (Fsp3) is 0.529. The molecule has 0 saturated heterocycles. The lowest BCUT2D eigenvalue weighted by Crippen LogP contribution is -2.29. The molecule has 0 aliphatic rings. The van der Waals surface area contributed by atoms with Crippen LogP contribution in [0.4, 0.5) is 0 Å². The molecule has 0 fully saturated rings. The lowest BCUT2D eigenvalue weighted by molar-refractivity contribution is 0.456. The number of rotatable bonds is 8. The van der Waals surface area contributed by atoms with Crippen LogP contribution < -0.4 is 5.32 Å². The van der Waals surface area contributed by atoms with Gasteiger partial charge in [0.1, 0.15) is 0 Å². The van der Waals surface area contributed by atoms with E-state index < -0.39 is 0 Å². The van der Waals surface area contributed by atoms with Crippen molar-refractivity contribution < 1.29 is 0 Å². The zero-order valence-electron chi connectivity index (χ0n) is 12.1. The van der Waals surface area contributed by atoms with Gasteiger partial charge in [-0.25, -0.2) is 0 Å². The molecule has 0 aliphatic heterocycles. The minimum absolute atomic E-state index is 0.699. The van der Waals surface area contributed by atoms with E-state index in [0.29, 0.717) is 6.04 Å². The molecule has 1 N–H and O–H groups in total. The third kappa shape index (κ3) is 4.05. The van der Waals surface area contributed by atoms with Gasteiger partial charge in [-0.1, -0.05) is 32.0 Å². The number of hydrogen-bond donors (Lipinski definition) is 1. The van der Waals surface area contributed by atoms with E-state index in [0.717, 1.165) is 6.54 Å². The fourth-order valence-electron chi connectivity index (χ4n) is 2.56. The van der Waals surface area contributed by atoms with E-state index in [9.17, 15) is 0 Å². The molecule has 1 aromatic heterocycles. The van der Waals surface area contributed by atoms with Crippen molar-refractivity contribution in [2.45, 2.75) is 52.0 Å². The number of thiophene rings is 1. The molecule has 0 amide bonds. The molecular weight excluding hydrogens is 250 g/mol. The monoisotopic (exact) mass is 275 g/mol. The van der Waals surface area contributed by atoms with Crippen LogP contribution in [0.5, 0.6) is 0 Å². The zero-order chi connectivity index (χ0) is 13.5. The summed E-state index contributed by atoms with van der Waals surface area (Å²) >= 11 is 1.88. The second-order valence-corrected chi connectivity index (χ2v) is 6.12. The van der Waals surface area contributed by atoms with E-state index in [1.807, 2.05) is 11.3 Å². The molecule has 2 rings (SSSR count). The van der Waals surface area contributed by atoms with Gasteiger partial charge in [0, 0.05) is 10.7 Å². The van der Waals surface area contributed by atoms with Crippen molar-refractivity contribution in [2.75, 3.05) is 6.54 Å². The van der Waals surface area contributed by atoms with E-state index in [2.05, 4.69) is 48.8 Å². The summed E-state index contributed by atoms with van der Waals surface area (Å²) in [5, 5.41) is 7.44. The van der Waals surface area contributed by atoms with Gasteiger partial charge in [0.05, 0.1) is 0 Å². The average Bonchev–Trinajstić information content (AvgIpc) is 2.86. The van der Waals surface area contributed by atoms with Gasteiger partial charge in [-0.15, -0.1) is 11.3 Å². The van der Waals surface area contributed by atoms with Crippen LogP contribution in [0.25, 0.3) is 10.1 Å². The van der Waals surface area contributed by atoms with Crippen LogP contribution in [0.1, 0.15) is 45.1 Å². The molecule has 2 heteroatoms. The van der Waals surface area contributed by atoms with Gasteiger partial charge in [-0.05, 0) is 61.0 Å². The van der Waals surface area contributed by atoms with Gasteiger partial charge < -0.3 is 5.32 Å². The Bertz CT molecular complexity index is 489. The second-order valence-electron chi connectivity index (χ2n) is 5.21. The van der Waals surface area contributed by atoms with Gasteiger partial charge in [-0.2, -0.15) is 0 Å². The fourth-order valence-corrected chi connectivity index (χ4v) is 3.56. The molecule has 1 aromatic carbocycles. The highest BCUT2D eigenvalue weighted by Gasteiger charge is 2.07. The average molecular weight is 275 g/mol. The van der Waals surface area contributed by atoms with E-state index in [4.69, 9.17) is 0 Å². The first-order chi connectivity index (χ1) is 9.35. The van der Waals surface area contributed by atoms with Crippen molar-refractivity contribution in [1.82, 2.24) is 5.32 Å². The van der Waals surface area contributed by atoms with Crippen LogP contribution in [0.15, 0.2) is 29.6 Å². The van der Waals surface area contributed by atoms with E-state index in [1.54, 1.807) is 0 Å². The van der Waals surface area contributed by atoms with Gasteiger partial charge in [-0.3, -0.25) is 0 Å². The topological polar surface area (TPSA) is 12.0 Å². The molecule has 1 unspecified atom stereocenters. The molecular formula is C17H25NS. The van der Waals surface area contributed by atoms with Crippen LogP contribution in [0, 0.1) is 0 Å². The lowest BCUT2D eigenvalue weighted by Gasteiger charge is -2.16. The molecule has 1 atom stereocenters. The van der Waals surface area contributed by atoms with Crippen molar-refractivity contribution in [3.05, 3.63) is 35.2 Å². The van der Waals surface area contributed by atoms with Crippen LogP contribution >= 0.6 is 11.3 Å². The summed E-state index contributed by atoms with van der Waals surface area (Å²) in [6, 6.07) is 9.46. The highest BCUT2D eigenvalue weighted by Crippen LogP contribution is 2.26. The quantitative estimate of drug-likeness (QED) is 0.714. The smallest absolute Gasteiger partial charge is 0.0345 e. The summed E-state index contributed by atoms with van der Waals surface area (Å²) in [5.74, 6) is 0. The molecule has 0 saturated carbocycles. The molecule has 0 bridgehead atoms. The normalized spacial score (nSPS) is 12.9. The maximum atomic E-state index is 3.64. The Morgan fingerprint density at radius 2 is 2.05 bits per heavy atom. The predicted molar refractivity (Wildman–Crippen MR) is 87.1 cm³/mol. The van der Waals surface area contributed by atoms with Crippen LogP contribution in [0.3, 0.4) is 0 Å². The number of fused-ring (bicyclic) bond motifs is 1. The molecule has 1 nitrogen and oxygen atoms in total. The largest absolute Gasteiger partial charge is 0.314 e. The standard InChI is InChI=1S/C17H25NS/c1-3-12-18-15(4-2)9-7-8-14-13-19-17-11-6-5-10-16(14)17/h5-6,10-11,13,15,18H,3-4,7-9,12H2,1-2H3. The predicted octanol–water partition coefficient (Wildman–Crippen LogP) is 5.00. The van der Waals surface area contributed by atoms with Crippen LogP contribution in [-0.2, 0) is 6.42 Å². The van der Waals surface area contributed by atoms with Crippen molar-refractivity contribution in [3.63, 3.8) is 0 Å². The maximum absolute atomic E-state index is 3.64. The second kappa shape index (κ2) is 7.66. The third-order valence-corrected chi connectivity index (χ3v) is 4.75. The van der Waals surface area contributed by atoms with Crippen molar-refractivity contribution >= 4 is 21.4 Å².